The third-order valence-corrected chi connectivity index (χ3v) is 3.48. The molecule has 0 aliphatic rings. The van der Waals surface area contributed by atoms with E-state index in [9.17, 15) is 0 Å². The van der Waals surface area contributed by atoms with Crippen LogP contribution in [0.4, 0.5) is 0 Å². The van der Waals surface area contributed by atoms with Gasteiger partial charge >= 0.3 is 0 Å². The third-order valence-electron chi connectivity index (χ3n) is 2.38. The molecule has 0 saturated carbocycles. The summed E-state index contributed by atoms with van der Waals surface area (Å²) in [7, 11) is 0. The minimum Gasteiger partial charge on any atom is -0.424 e. The topological polar surface area (TPSA) is 63.8 Å². The average Bonchev–Trinajstić information content (AvgIpc) is 2.94. The van der Waals surface area contributed by atoms with Gasteiger partial charge in [0.25, 0.3) is 0 Å². The molecule has 2 heterocycles. The van der Waals surface area contributed by atoms with Gasteiger partial charge in [-0.3, -0.25) is 5.32 Å². The standard InChI is InChI=1S/C11H16N4OS/c1-4-9-14-15-10(16-9)6-12-8(3)11-13-5-7(2)17-11/h5,8,12H,4,6H2,1-3H3. The molecular weight excluding hydrogens is 236 g/mol. The lowest BCUT2D eigenvalue weighted by molar-refractivity contribution is 0.421. The summed E-state index contributed by atoms with van der Waals surface area (Å²) in [6, 6.07) is 0.200. The highest BCUT2D eigenvalue weighted by Gasteiger charge is 2.11. The molecule has 5 nitrogen and oxygen atoms in total. The fourth-order valence-electron chi connectivity index (χ4n) is 1.40. The minimum absolute atomic E-state index is 0.200. The van der Waals surface area contributed by atoms with Gasteiger partial charge in [0.1, 0.15) is 5.01 Å². The first-order chi connectivity index (χ1) is 8.19. The molecule has 0 fully saturated rings. The summed E-state index contributed by atoms with van der Waals surface area (Å²) in [5, 5.41) is 12.3. The summed E-state index contributed by atoms with van der Waals surface area (Å²) in [6.07, 6.45) is 2.66. The van der Waals surface area contributed by atoms with Crippen molar-refractivity contribution in [2.24, 2.45) is 0 Å². The highest BCUT2D eigenvalue weighted by molar-refractivity contribution is 7.11. The summed E-state index contributed by atoms with van der Waals surface area (Å²) in [4.78, 5) is 5.56. The molecule has 2 rings (SSSR count). The van der Waals surface area contributed by atoms with Crippen LogP contribution in [0.15, 0.2) is 10.6 Å². The van der Waals surface area contributed by atoms with Gasteiger partial charge < -0.3 is 4.42 Å². The number of aromatic nitrogens is 3. The van der Waals surface area contributed by atoms with Crippen LogP contribution < -0.4 is 5.32 Å². The Bertz CT molecular complexity index is 479. The van der Waals surface area contributed by atoms with E-state index in [-0.39, 0.29) is 6.04 Å². The van der Waals surface area contributed by atoms with Gasteiger partial charge in [-0.05, 0) is 13.8 Å². The highest BCUT2D eigenvalue weighted by atomic mass is 32.1. The Morgan fingerprint density at radius 1 is 1.41 bits per heavy atom. The van der Waals surface area contributed by atoms with Crippen LogP contribution in [0.5, 0.6) is 0 Å². The summed E-state index contributed by atoms with van der Waals surface area (Å²) in [6.45, 7) is 6.70. The smallest absolute Gasteiger partial charge is 0.230 e. The molecule has 0 radical (unpaired) electrons. The van der Waals surface area contributed by atoms with Gasteiger partial charge in [-0.15, -0.1) is 21.5 Å². The second kappa shape index (κ2) is 5.37. The lowest BCUT2D eigenvalue weighted by atomic mass is 10.3. The number of hydrogen-bond acceptors (Lipinski definition) is 6. The van der Waals surface area contributed by atoms with Gasteiger partial charge in [0.15, 0.2) is 0 Å². The third kappa shape index (κ3) is 3.10. The Morgan fingerprint density at radius 3 is 2.76 bits per heavy atom. The van der Waals surface area contributed by atoms with E-state index in [0.717, 1.165) is 11.4 Å². The number of thiazole rings is 1. The fourth-order valence-corrected chi connectivity index (χ4v) is 2.20. The average molecular weight is 252 g/mol. The SMILES string of the molecule is CCc1nnc(CNC(C)c2ncc(C)s2)o1. The Labute approximate surface area is 104 Å². The van der Waals surface area contributed by atoms with Crippen molar-refractivity contribution in [3.63, 3.8) is 0 Å². The van der Waals surface area contributed by atoms with Crippen molar-refractivity contribution in [3.05, 3.63) is 27.9 Å². The van der Waals surface area contributed by atoms with E-state index in [1.165, 1.54) is 4.88 Å². The molecule has 2 aromatic rings. The van der Waals surface area contributed by atoms with Crippen molar-refractivity contribution in [2.75, 3.05) is 0 Å². The Balaban J connectivity index is 1.89. The molecule has 92 valence electrons. The van der Waals surface area contributed by atoms with Crippen LogP contribution >= 0.6 is 11.3 Å². The molecule has 6 heteroatoms. The van der Waals surface area contributed by atoms with Crippen molar-refractivity contribution < 1.29 is 4.42 Å². The quantitative estimate of drug-likeness (QED) is 0.884. The second-order valence-electron chi connectivity index (χ2n) is 3.85. The van der Waals surface area contributed by atoms with Gasteiger partial charge in [0, 0.05) is 17.5 Å². The van der Waals surface area contributed by atoms with E-state index >= 15 is 0 Å². The van der Waals surface area contributed by atoms with Crippen molar-refractivity contribution in [1.82, 2.24) is 20.5 Å². The minimum atomic E-state index is 0.200. The molecular formula is C11H16N4OS. The summed E-state index contributed by atoms with van der Waals surface area (Å²) < 4.78 is 5.42. The summed E-state index contributed by atoms with van der Waals surface area (Å²) in [5.74, 6) is 1.31. The van der Waals surface area contributed by atoms with Gasteiger partial charge in [-0.2, -0.15) is 0 Å². The van der Waals surface area contributed by atoms with E-state index in [1.54, 1.807) is 11.3 Å². The first kappa shape index (κ1) is 12.2. The molecule has 1 unspecified atom stereocenters. The molecule has 0 saturated heterocycles. The maximum Gasteiger partial charge on any atom is 0.230 e. The highest BCUT2D eigenvalue weighted by Crippen LogP contribution is 2.19. The fraction of sp³-hybridized carbons (Fsp3) is 0.545. The van der Waals surface area contributed by atoms with Gasteiger partial charge in [0.2, 0.25) is 11.8 Å². The van der Waals surface area contributed by atoms with E-state index < -0.39 is 0 Å². The van der Waals surface area contributed by atoms with E-state index in [1.807, 2.05) is 13.1 Å². The van der Waals surface area contributed by atoms with E-state index in [2.05, 4.69) is 34.3 Å². The molecule has 1 atom stereocenters. The largest absolute Gasteiger partial charge is 0.424 e. The van der Waals surface area contributed by atoms with E-state index in [4.69, 9.17) is 4.42 Å². The number of aryl methyl sites for hydroxylation is 2. The first-order valence-corrected chi connectivity index (χ1v) is 6.47. The van der Waals surface area contributed by atoms with E-state index in [0.29, 0.717) is 18.3 Å². The lowest BCUT2D eigenvalue weighted by Gasteiger charge is -2.08. The van der Waals surface area contributed by atoms with Crippen molar-refractivity contribution in [2.45, 2.75) is 39.8 Å². The molecule has 17 heavy (non-hydrogen) atoms. The van der Waals surface area contributed by atoms with Crippen LogP contribution in [0, 0.1) is 6.92 Å². The predicted molar refractivity (Wildman–Crippen MR) is 65.8 cm³/mol. The van der Waals surface area contributed by atoms with Crippen LogP contribution in [0.2, 0.25) is 0 Å². The number of nitrogens with zero attached hydrogens (tertiary/aromatic N) is 3. The summed E-state index contributed by atoms with van der Waals surface area (Å²) in [5.41, 5.74) is 0. The first-order valence-electron chi connectivity index (χ1n) is 5.66. The van der Waals surface area contributed by atoms with Crippen molar-refractivity contribution >= 4 is 11.3 Å². The predicted octanol–water partition coefficient (Wildman–Crippen LogP) is 2.25. The Kier molecular flexibility index (Phi) is 3.86. The maximum absolute atomic E-state index is 5.42. The molecule has 0 aliphatic heterocycles. The Morgan fingerprint density at radius 2 is 2.18 bits per heavy atom. The molecule has 2 aromatic heterocycles. The number of hydrogen-bond donors (Lipinski definition) is 1. The zero-order valence-electron chi connectivity index (χ0n) is 10.2. The summed E-state index contributed by atoms with van der Waals surface area (Å²) >= 11 is 1.70. The second-order valence-corrected chi connectivity index (χ2v) is 5.12. The number of rotatable bonds is 5. The monoisotopic (exact) mass is 252 g/mol. The van der Waals surface area contributed by atoms with Crippen LogP contribution in [0.1, 0.15) is 41.6 Å². The van der Waals surface area contributed by atoms with Crippen LogP contribution in [-0.2, 0) is 13.0 Å². The van der Waals surface area contributed by atoms with Crippen molar-refractivity contribution in [3.8, 4) is 0 Å². The van der Waals surface area contributed by atoms with Crippen LogP contribution in [0.3, 0.4) is 0 Å². The lowest BCUT2D eigenvalue weighted by Crippen LogP contribution is -2.18. The molecule has 0 aliphatic carbocycles. The Hall–Kier alpha value is -1.27. The van der Waals surface area contributed by atoms with Crippen LogP contribution in [0.25, 0.3) is 0 Å². The molecule has 0 amide bonds. The van der Waals surface area contributed by atoms with Gasteiger partial charge in [0.05, 0.1) is 12.6 Å². The maximum atomic E-state index is 5.42. The zero-order valence-corrected chi connectivity index (χ0v) is 11.0. The van der Waals surface area contributed by atoms with Gasteiger partial charge in [-0.25, -0.2) is 4.98 Å². The van der Waals surface area contributed by atoms with Gasteiger partial charge in [-0.1, -0.05) is 6.92 Å². The normalized spacial score (nSPS) is 12.9. The van der Waals surface area contributed by atoms with Crippen molar-refractivity contribution in [1.29, 1.82) is 0 Å². The van der Waals surface area contributed by atoms with Crippen LogP contribution in [-0.4, -0.2) is 15.2 Å². The molecule has 0 spiro atoms. The zero-order chi connectivity index (χ0) is 12.3. The molecule has 0 bridgehead atoms. The molecule has 0 aromatic carbocycles. The number of nitrogens with one attached hydrogen (secondary N) is 1. The molecule has 1 N–H and O–H groups in total.